The van der Waals surface area contributed by atoms with Crippen molar-refractivity contribution in [2.75, 3.05) is 10.3 Å². The van der Waals surface area contributed by atoms with E-state index in [9.17, 15) is 0 Å². The number of aryl methyl sites for hydroxylation is 1. The van der Waals surface area contributed by atoms with E-state index in [-0.39, 0.29) is 11.5 Å². The maximum Gasteiger partial charge on any atom is 0.0882 e. The third-order valence-electron chi connectivity index (χ3n) is 6.74. The number of nitrogens with one attached hydrogen (secondary N) is 1. The third kappa shape index (κ3) is 4.22. The third-order valence-corrected chi connectivity index (χ3v) is 6.74. The highest BCUT2D eigenvalue weighted by Gasteiger charge is 2.45. The number of anilines is 2. The summed E-state index contributed by atoms with van der Waals surface area (Å²) >= 11 is 0. The summed E-state index contributed by atoms with van der Waals surface area (Å²) in [5, 5.41) is 11.0. The van der Waals surface area contributed by atoms with Crippen molar-refractivity contribution in [2.24, 2.45) is 10.5 Å². The van der Waals surface area contributed by atoms with Crippen LogP contribution in [-0.4, -0.2) is 5.71 Å². The first-order valence-corrected chi connectivity index (χ1v) is 11.9. The van der Waals surface area contributed by atoms with Gasteiger partial charge in [-0.2, -0.15) is 5.10 Å². The molecule has 1 atom stereocenters. The molecule has 0 radical (unpaired) electrons. The van der Waals surface area contributed by atoms with Gasteiger partial charge in [0, 0.05) is 17.6 Å². The van der Waals surface area contributed by atoms with Crippen molar-refractivity contribution < 1.29 is 0 Å². The van der Waals surface area contributed by atoms with Gasteiger partial charge in [0.25, 0.3) is 0 Å². The molecule has 3 nitrogen and oxygen atoms in total. The van der Waals surface area contributed by atoms with Crippen LogP contribution in [0.2, 0.25) is 0 Å². The van der Waals surface area contributed by atoms with Crippen LogP contribution in [-0.2, 0) is 6.54 Å². The summed E-state index contributed by atoms with van der Waals surface area (Å²) in [5.41, 5.74) is 8.19. The largest absolute Gasteiger partial charge is 0.381 e. The van der Waals surface area contributed by atoms with Crippen molar-refractivity contribution in [3.05, 3.63) is 131 Å². The Morgan fingerprint density at radius 1 is 0.765 bits per heavy atom. The Balaban J connectivity index is 1.46. The predicted octanol–water partition coefficient (Wildman–Crippen LogP) is 7.60. The highest BCUT2D eigenvalue weighted by molar-refractivity contribution is 6.07. The van der Waals surface area contributed by atoms with Gasteiger partial charge in [-0.1, -0.05) is 105 Å². The molecule has 0 unspecified atom stereocenters. The van der Waals surface area contributed by atoms with E-state index in [1.165, 1.54) is 27.9 Å². The van der Waals surface area contributed by atoms with Crippen molar-refractivity contribution in [3.8, 4) is 0 Å². The normalized spacial score (nSPS) is 16.9. The molecule has 0 spiro atoms. The monoisotopic (exact) mass is 445 g/mol. The van der Waals surface area contributed by atoms with Crippen LogP contribution in [0.5, 0.6) is 0 Å². The van der Waals surface area contributed by atoms with Crippen LogP contribution < -0.4 is 10.3 Å². The molecule has 4 aromatic rings. The smallest absolute Gasteiger partial charge is 0.0882 e. The van der Waals surface area contributed by atoms with Crippen LogP contribution in [0.1, 0.15) is 42.1 Å². The Morgan fingerprint density at radius 3 is 2.06 bits per heavy atom. The highest BCUT2D eigenvalue weighted by Crippen LogP contribution is 2.48. The first-order chi connectivity index (χ1) is 16.5. The quantitative estimate of drug-likeness (QED) is 0.331. The molecule has 5 rings (SSSR count). The highest BCUT2D eigenvalue weighted by atomic mass is 15.5. The first-order valence-electron chi connectivity index (χ1n) is 11.9. The maximum absolute atomic E-state index is 5.21. The number of para-hydroxylation sites is 1. The fourth-order valence-electron chi connectivity index (χ4n) is 4.89. The van der Waals surface area contributed by atoms with Gasteiger partial charge in [-0.15, -0.1) is 0 Å². The second-order valence-electron chi connectivity index (χ2n) is 9.53. The number of hydrazone groups is 1. The summed E-state index contributed by atoms with van der Waals surface area (Å²) in [6, 6.07) is 38.6. The van der Waals surface area contributed by atoms with Gasteiger partial charge >= 0.3 is 0 Å². The van der Waals surface area contributed by atoms with Gasteiger partial charge in [-0.25, -0.2) is 0 Å². The molecule has 170 valence electrons. The minimum atomic E-state index is -0.159. The van der Waals surface area contributed by atoms with E-state index in [0.717, 1.165) is 17.9 Å². The Morgan fingerprint density at radius 2 is 1.38 bits per heavy atom. The van der Waals surface area contributed by atoms with Crippen molar-refractivity contribution in [1.82, 2.24) is 0 Å². The Labute approximate surface area is 202 Å². The van der Waals surface area contributed by atoms with Crippen molar-refractivity contribution in [1.29, 1.82) is 0 Å². The molecule has 4 aromatic carbocycles. The molecule has 0 bridgehead atoms. The molecule has 0 saturated heterocycles. The first kappa shape index (κ1) is 22.0. The van der Waals surface area contributed by atoms with Crippen molar-refractivity contribution >= 4 is 17.1 Å². The molecule has 1 aliphatic heterocycles. The van der Waals surface area contributed by atoms with E-state index < -0.39 is 0 Å². The second kappa shape index (κ2) is 9.18. The van der Waals surface area contributed by atoms with E-state index in [2.05, 4.69) is 140 Å². The fourth-order valence-corrected chi connectivity index (χ4v) is 4.89. The molecule has 34 heavy (non-hydrogen) atoms. The van der Waals surface area contributed by atoms with Gasteiger partial charge in [0.2, 0.25) is 0 Å². The summed E-state index contributed by atoms with van der Waals surface area (Å²) < 4.78 is 0. The minimum Gasteiger partial charge on any atom is -0.381 e. The number of hydrogen-bond donors (Lipinski definition) is 1. The molecule has 3 heteroatoms. The lowest BCUT2D eigenvalue weighted by atomic mass is 9.75. The zero-order valence-corrected chi connectivity index (χ0v) is 20.1. The molecule has 0 amide bonds. The lowest BCUT2D eigenvalue weighted by molar-refractivity contribution is 0.425. The summed E-state index contributed by atoms with van der Waals surface area (Å²) in [7, 11) is 0. The van der Waals surface area contributed by atoms with Crippen molar-refractivity contribution in [3.63, 3.8) is 0 Å². The number of benzene rings is 4. The van der Waals surface area contributed by atoms with Crippen LogP contribution in [0.4, 0.5) is 11.4 Å². The van der Waals surface area contributed by atoms with E-state index in [4.69, 9.17) is 5.10 Å². The van der Waals surface area contributed by atoms with Crippen LogP contribution in [0.25, 0.3) is 0 Å². The zero-order valence-electron chi connectivity index (χ0n) is 20.1. The molecule has 1 N–H and O–H groups in total. The van der Waals surface area contributed by atoms with Crippen LogP contribution in [0.15, 0.2) is 114 Å². The molecular formula is C31H31N3. The summed E-state index contributed by atoms with van der Waals surface area (Å²) in [5.74, 6) is 0. The lowest BCUT2D eigenvalue weighted by Crippen LogP contribution is -2.32. The SMILES string of the molecule is Cc1ccccc1NCc1ccc(N2N=C(c3ccccc3)C(C)(C)[C@H]2c2ccccc2)cc1. The summed E-state index contributed by atoms with van der Waals surface area (Å²) in [6.45, 7) is 7.53. The molecule has 0 saturated carbocycles. The lowest BCUT2D eigenvalue weighted by Gasteiger charge is -2.33. The van der Waals surface area contributed by atoms with Gasteiger partial charge in [0.15, 0.2) is 0 Å². The summed E-state index contributed by atoms with van der Waals surface area (Å²) in [6.07, 6.45) is 0. The number of rotatable bonds is 6. The Hall–Kier alpha value is -3.85. The average Bonchev–Trinajstić information content (AvgIpc) is 3.15. The zero-order chi connectivity index (χ0) is 23.5. The van der Waals surface area contributed by atoms with Crippen LogP contribution in [0.3, 0.4) is 0 Å². The predicted molar refractivity (Wildman–Crippen MR) is 143 cm³/mol. The van der Waals surface area contributed by atoms with Gasteiger partial charge < -0.3 is 5.32 Å². The van der Waals surface area contributed by atoms with E-state index >= 15 is 0 Å². The molecule has 0 aliphatic carbocycles. The second-order valence-corrected chi connectivity index (χ2v) is 9.53. The number of hydrogen-bond acceptors (Lipinski definition) is 3. The Bertz CT molecular complexity index is 1280. The standard InChI is InChI=1S/C31H31N3/c1-23-12-10-11-17-28(23)32-22-24-18-20-27(21-19-24)34-30(26-15-8-5-9-16-26)31(2,3)29(33-34)25-13-6-4-7-14-25/h4-21,30,32H,22H2,1-3H3/t30-/m1/s1. The topological polar surface area (TPSA) is 27.6 Å². The Kier molecular flexibility index (Phi) is 5.93. The van der Waals surface area contributed by atoms with Crippen molar-refractivity contribution in [2.45, 2.75) is 33.4 Å². The molecule has 1 heterocycles. The van der Waals surface area contributed by atoms with Gasteiger partial charge in [-0.3, -0.25) is 5.01 Å². The van der Waals surface area contributed by atoms with Gasteiger partial charge in [-0.05, 0) is 47.4 Å². The summed E-state index contributed by atoms with van der Waals surface area (Å²) in [4.78, 5) is 0. The minimum absolute atomic E-state index is 0.111. The maximum atomic E-state index is 5.21. The molecular weight excluding hydrogens is 414 g/mol. The van der Waals surface area contributed by atoms with Gasteiger partial charge in [0.1, 0.15) is 0 Å². The van der Waals surface area contributed by atoms with E-state index in [1.807, 2.05) is 0 Å². The number of nitrogens with zero attached hydrogens (tertiary/aromatic N) is 2. The van der Waals surface area contributed by atoms with Crippen LogP contribution in [0, 0.1) is 12.3 Å². The molecule has 0 aromatic heterocycles. The molecule has 0 fully saturated rings. The van der Waals surface area contributed by atoms with E-state index in [1.54, 1.807) is 0 Å². The molecule has 1 aliphatic rings. The van der Waals surface area contributed by atoms with Gasteiger partial charge in [0.05, 0.1) is 17.4 Å². The van der Waals surface area contributed by atoms with Crippen LogP contribution >= 0.6 is 0 Å². The average molecular weight is 446 g/mol. The fraction of sp³-hybridized carbons (Fsp3) is 0.194. The van der Waals surface area contributed by atoms with E-state index in [0.29, 0.717) is 0 Å².